The molecular formula is C10H14N2O3. The zero-order chi connectivity index (χ0) is 11.1. The Kier molecular flexibility index (Phi) is 4.56. The summed E-state index contributed by atoms with van der Waals surface area (Å²) in [5.74, 6) is 0. The van der Waals surface area contributed by atoms with Crippen molar-refractivity contribution in [2.45, 2.75) is 6.92 Å². The lowest BCUT2D eigenvalue weighted by Crippen LogP contribution is -2.31. The summed E-state index contributed by atoms with van der Waals surface area (Å²) in [7, 11) is 0. The molecule has 0 aliphatic rings. The number of carbonyl (C=O) groups is 1. The smallest absolute Gasteiger partial charge is 0.414 e. The lowest BCUT2D eigenvalue weighted by atomic mass is 10.3. The predicted molar refractivity (Wildman–Crippen MR) is 55.7 cm³/mol. The van der Waals surface area contributed by atoms with Crippen LogP contribution in [0, 0.1) is 0 Å². The molecule has 1 N–H and O–H groups in total. The first-order valence-electron chi connectivity index (χ1n) is 4.74. The summed E-state index contributed by atoms with van der Waals surface area (Å²) >= 11 is 0. The van der Waals surface area contributed by atoms with Gasteiger partial charge in [-0.1, -0.05) is 0 Å². The van der Waals surface area contributed by atoms with Gasteiger partial charge in [-0.2, -0.15) is 0 Å². The normalized spacial score (nSPS) is 9.73. The summed E-state index contributed by atoms with van der Waals surface area (Å²) in [5.41, 5.74) is 0.732. The molecule has 0 fully saturated rings. The molecule has 0 atom stereocenters. The average Bonchev–Trinajstić information content (AvgIpc) is 2.29. The highest BCUT2D eigenvalue weighted by molar-refractivity contribution is 5.87. The highest BCUT2D eigenvalue weighted by Crippen LogP contribution is 2.12. The van der Waals surface area contributed by atoms with E-state index in [1.54, 1.807) is 24.5 Å². The number of hydrogen-bond donors (Lipinski definition) is 1. The number of aromatic nitrogens is 1. The average molecular weight is 210 g/mol. The molecule has 0 bridgehead atoms. The first-order valence-corrected chi connectivity index (χ1v) is 4.74. The minimum atomic E-state index is -0.460. The molecule has 15 heavy (non-hydrogen) atoms. The molecule has 1 amide bonds. The minimum Gasteiger partial charge on any atom is -0.447 e. The van der Waals surface area contributed by atoms with E-state index in [-0.39, 0.29) is 13.2 Å². The molecule has 0 spiro atoms. The molecule has 0 saturated carbocycles. The molecule has 0 saturated heterocycles. The maximum atomic E-state index is 11.5. The maximum Gasteiger partial charge on any atom is 0.414 e. The lowest BCUT2D eigenvalue weighted by molar-refractivity contribution is 0.125. The van der Waals surface area contributed by atoms with Crippen LogP contribution in [0.25, 0.3) is 0 Å². The predicted octanol–water partition coefficient (Wildman–Crippen LogP) is 1.04. The van der Waals surface area contributed by atoms with Gasteiger partial charge in [-0.05, 0) is 19.1 Å². The third-order valence-electron chi connectivity index (χ3n) is 1.83. The van der Waals surface area contributed by atoms with Crippen LogP contribution in [-0.4, -0.2) is 35.9 Å². The standard InChI is InChI=1S/C10H14N2O3/c1-2-12(10(14)15-8-7-13)9-3-5-11-6-4-9/h3-6,13H,2,7-8H2,1H3. The van der Waals surface area contributed by atoms with Crippen molar-refractivity contribution in [1.29, 1.82) is 0 Å². The topological polar surface area (TPSA) is 62.7 Å². The monoisotopic (exact) mass is 210 g/mol. The van der Waals surface area contributed by atoms with Crippen molar-refractivity contribution >= 4 is 11.8 Å². The molecule has 5 nitrogen and oxygen atoms in total. The van der Waals surface area contributed by atoms with E-state index in [1.165, 1.54) is 4.90 Å². The molecule has 0 radical (unpaired) electrons. The Bertz CT molecular complexity index is 303. The van der Waals surface area contributed by atoms with Gasteiger partial charge >= 0.3 is 6.09 Å². The fourth-order valence-electron chi connectivity index (χ4n) is 1.15. The van der Waals surface area contributed by atoms with Crippen molar-refractivity contribution in [3.8, 4) is 0 Å². The minimum absolute atomic E-state index is 0.0143. The number of anilines is 1. The Labute approximate surface area is 88.3 Å². The Morgan fingerprint density at radius 3 is 2.73 bits per heavy atom. The van der Waals surface area contributed by atoms with Crippen LogP contribution in [0.2, 0.25) is 0 Å². The molecule has 1 rings (SSSR count). The number of pyridine rings is 1. The van der Waals surface area contributed by atoms with Crippen molar-refractivity contribution in [3.63, 3.8) is 0 Å². The van der Waals surface area contributed by atoms with E-state index in [9.17, 15) is 4.79 Å². The van der Waals surface area contributed by atoms with Crippen LogP contribution in [-0.2, 0) is 4.74 Å². The Balaban J connectivity index is 2.67. The summed E-state index contributed by atoms with van der Waals surface area (Å²) in [6.07, 6.45) is 2.76. The largest absolute Gasteiger partial charge is 0.447 e. The molecule has 1 heterocycles. The van der Waals surface area contributed by atoms with Crippen molar-refractivity contribution < 1.29 is 14.6 Å². The van der Waals surface area contributed by atoms with Gasteiger partial charge < -0.3 is 9.84 Å². The van der Waals surface area contributed by atoms with Gasteiger partial charge in [-0.3, -0.25) is 9.88 Å². The SMILES string of the molecule is CCN(C(=O)OCCO)c1ccncc1. The molecule has 0 aliphatic heterocycles. The summed E-state index contributed by atoms with van der Waals surface area (Å²) in [6.45, 7) is 2.20. The first-order chi connectivity index (χ1) is 7.29. The van der Waals surface area contributed by atoms with Gasteiger partial charge in [0.2, 0.25) is 0 Å². The number of rotatable bonds is 4. The number of ether oxygens (including phenoxy) is 1. The second kappa shape index (κ2) is 5.98. The number of carbonyl (C=O) groups excluding carboxylic acids is 1. The number of nitrogens with zero attached hydrogens (tertiary/aromatic N) is 2. The van der Waals surface area contributed by atoms with Crippen LogP contribution in [0.15, 0.2) is 24.5 Å². The molecule has 0 aromatic carbocycles. The highest BCUT2D eigenvalue weighted by atomic mass is 16.6. The molecule has 0 unspecified atom stereocenters. The first kappa shape index (κ1) is 11.5. The van der Waals surface area contributed by atoms with Crippen LogP contribution in [0.5, 0.6) is 0 Å². The molecule has 0 aliphatic carbocycles. The van der Waals surface area contributed by atoms with Crippen LogP contribution in [0.4, 0.5) is 10.5 Å². The van der Waals surface area contributed by atoms with Gasteiger partial charge in [0.15, 0.2) is 0 Å². The quantitative estimate of drug-likeness (QED) is 0.806. The van der Waals surface area contributed by atoms with Crippen molar-refractivity contribution in [2.75, 3.05) is 24.7 Å². The van der Waals surface area contributed by atoms with Gasteiger partial charge in [-0.25, -0.2) is 4.79 Å². The molecular weight excluding hydrogens is 196 g/mol. The zero-order valence-corrected chi connectivity index (χ0v) is 8.59. The zero-order valence-electron chi connectivity index (χ0n) is 8.59. The fourth-order valence-corrected chi connectivity index (χ4v) is 1.15. The van der Waals surface area contributed by atoms with E-state index in [2.05, 4.69) is 4.98 Å². The Hall–Kier alpha value is -1.62. The van der Waals surface area contributed by atoms with E-state index in [1.807, 2.05) is 6.92 Å². The van der Waals surface area contributed by atoms with E-state index in [0.717, 1.165) is 5.69 Å². The van der Waals surface area contributed by atoms with Crippen molar-refractivity contribution in [1.82, 2.24) is 4.98 Å². The molecule has 5 heteroatoms. The van der Waals surface area contributed by atoms with Gasteiger partial charge in [0, 0.05) is 18.9 Å². The van der Waals surface area contributed by atoms with Gasteiger partial charge in [-0.15, -0.1) is 0 Å². The number of hydrogen-bond acceptors (Lipinski definition) is 4. The van der Waals surface area contributed by atoms with Crippen LogP contribution < -0.4 is 4.90 Å². The fraction of sp³-hybridized carbons (Fsp3) is 0.400. The number of aliphatic hydroxyl groups excluding tert-OH is 1. The van der Waals surface area contributed by atoms with E-state index in [0.29, 0.717) is 6.54 Å². The van der Waals surface area contributed by atoms with Crippen molar-refractivity contribution in [3.05, 3.63) is 24.5 Å². The summed E-state index contributed by atoms with van der Waals surface area (Å²) in [6, 6.07) is 3.45. The molecule has 1 aromatic heterocycles. The summed E-state index contributed by atoms with van der Waals surface area (Å²) in [4.78, 5) is 16.8. The molecule has 1 aromatic rings. The number of aliphatic hydroxyl groups is 1. The van der Waals surface area contributed by atoms with Crippen molar-refractivity contribution in [2.24, 2.45) is 0 Å². The van der Waals surface area contributed by atoms with Gasteiger partial charge in [0.1, 0.15) is 6.61 Å². The highest BCUT2D eigenvalue weighted by Gasteiger charge is 2.14. The Morgan fingerprint density at radius 2 is 2.20 bits per heavy atom. The van der Waals surface area contributed by atoms with Gasteiger partial charge in [0.25, 0.3) is 0 Å². The van der Waals surface area contributed by atoms with Crippen LogP contribution in [0.1, 0.15) is 6.92 Å². The van der Waals surface area contributed by atoms with Crippen LogP contribution >= 0.6 is 0 Å². The van der Waals surface area contributed by atoms with E-state index >= 15 is 0 Å². The van der Waals surface area contributed by atoms with E-state index < -0.39 is 6.09 Å². The van der Waals surface area contributed by atoms with Crippen LogP contribution in [0.3, 0.4) is 0 Å². The number of amides is 1. The summed E-state index contributed by atoms with van der Waals surface area (Å²) in [5, 5.41) is 8.53. The van der Waals surface area contributed by atoms with Gasteiger partial charge in [0.05, 0.1) is 12.3 Å². The third-order valence-corrected chi connectivity index (χ3v) is 1.83. The molecule has 82 valence electrons. The third kappa shape index (κ3) is 3.21. The van der Waals surface area contributed by atoms with E-state index in [4.69, 9.17) is 9.84 Å². The lowest BCUT2D eigenvalue weighted by Gasteiger charge is -2.19. The second-order valence-electron chi connectivity index (χ2n) is 2.79. The second-order valence-corrected chi connectivity index (χ2v) is 2.79. The maximum absolute atomic E-state index is 11.5. The summed E-state index contributed by atoms with van der Waals surface area (Å²) < 4.78 is 4.82. The Morgan fingerprint density at radius 1 is 1.53 bits per heavy atom.